The molecule has 0 amide bonds. The van der Waals surface area contributed by atoms with Crippen molar-refractivity contribution < 1.29 is 97.3 Å². The zero-order chi connectivity index (χ0) is 48.3. The van der Waals surface area contributed by atoms with E-state index in [1.165, 1.54) is 0 Å². The standard InChI is InChI=1S/C24BF20.C16H13N2O2/c26-5-1(6(27)14(35)21(42)13(5)34)25(2-7(28)15(36)22(43)16(37)8(2)29,3-9(30)17(38)23(44)18(39)10(3)31)4-11(32)19(40)24(45)20(41)12(4)33;19-18(20)16-15-9-5-4-8-14(15)10-11-17(16)12-13-6-2-1-3-7-13/h;1-11H,12H2/q-1;+1. The maximum atomic E-state index is 15.4. The third-order valence-corrected chi connectivity index (χ3v) is 9.98. The molecule has 65 heavy (non-hydrogen) atoms. The minimum atomic E-state index is -7.22. The van der Waals surface area contributed by atoms with E-state index in [1.54, 1.807) is 16.8 Å². The first kappa shape index (κ1) is 47.3. The normalized spacial score (nSPS) is 11.6. The Labute approximate surface area is 347 Å². The number of nitrogens with zero attached hydrogens (tertiary/aromatic N) is 2. The lowest BCUT2D eigenvalue weighted by Crippen LogP contribution is -2.81. The van der Waals surface area contributed by atoms with E-state index in [0.29, 0.717) is 11.9 Å². The molecule has 1 heterocycles. The van der Waals surface area contributed by atoms with E-state index in [9.17, 15) is 62.8 Å². The van der Waals surface area contributed by atoms with Crippen molar-refractivity contribution in [2.24, 2.45) is 0 Å². The molecule has 0 radical (unpaired) electrons. The molecule has 0 saturated carbocycles. The average molecular weight is 944 g/mol. The highest BCUT2D eigenvalue weighted by Crippen LogP contribution is 2.31. The second-order valence-corrected chi connectivity index (χ2v) is 13.4. The Morgan fingerprint density at radius 3 is 0.969 bits per heavy atom. The Bertz CT molecular complexity index is 2740. The molecule has 0 unspecified atom stereocenters. The predicted octanol–water partition coefficient (Wildman–Crippen LogP) is 8.93. The van der Waals surface area contributed by atoms with Crippen molar-refractivity contribution in [3.63, 3.8) is 0 Å². The van der Waals surface area contributed by atoms with Gasteiger partial charge in [0, 0.05) is 17.0 Å². The number of nitro groups is 1. The molecule has 0 saturated heterocycles. The molecule has 7 rings (SSSR count). The molecule has 0 aliphatic heterocycles. The first-order chi connectivity index (χ1) is 30.5. The van der Waals surface area contributed by atoms with Gasteiger partial charge < -0.3 is 0 Å². The van der Waals surface area contributed by atoms with Crippen LogP contribution in [0.2, 0.25) is 0 Å². The molecule has 338 valence electrons. The molecular formula is C40H13BF20N2O2. The molecule has 0 aliphatic carbocycles. The van der Waals surface area contributed by atoms with Crippen molar-refractivity contribution in [1.82, 2.24) is 0 Å². The van der Waals surface area contributed by atoms with Crippen LogP contribution in [0.5, 0.6) is 0 Å². The quantitative estimate of drug-likeness (QED) is 0.0305. The van der Waals surface area contributed by atoms with Gasteiger partial charge >= 0.3 is 5.82 Å². The first-order valence-electron chi connectivity index (χ1n) is 17.3. The van der Waals surface area contributed by atoms with Crippen LogP contribution in [0.1, 0.15) is 5.56 Å². The van der Waals surface area contributed by atoms with Gasteiger partial charge in [-0.05, 0) is 6.07 Å². The minimum Gasteiger partial charge on any atom is -0.253 e. The highest BCUT2D eigenvalue weighted by atomic mass is 19.2. The van der Waals surface area contributed by atoms with Crippen LogP contribution < -0.4 is 26.4 Å². The average Bonchev–Trinajstić information content (AvgIpc) is 3.29. The van der Waals surface area contributed by atoms with Gasteiger partial charge in [-0.2, -0.15) is 0 Å². The first-order valence-corrected chi connectivity index (χ1v) is 17.3. The van der Waals surface area contributed by atoms with E-state index in [2.05, 4.69) is 0 Å². The second-order valence-electron chi connectivity index (χ2n) is 13.4. The predicted molar refractivity (Wildman–Crippen MR) is 186 cm³/mol. The molecule has 0 aliphatic rings. The number of benzene rings is 6. The third kappa shape index (κ3) is 7.30. The van der Waals surface area contributed by atoms with Crippen LogP contribution in [0.4, 0.5) is 93.6 Å². The van der Waals surface area contributed by atoms with Crippen LogP contribution >= 0.6 is 0 Å². The van der Waals surface area contributed by atoms with Gasteiger partial charge in [0.25, 0.3) is 0 Å². The van der Waals surface area contributed by atoms with Gasteiger partial charge in [-0.15, -0.1) is 26.4 Å². The summed E-state index contributed by atoms with van der Waals surface area (Å²) >= 11 is 0. The molecule has 25 heteroatoms. The van der Waals surface area contributed by atoms with Crippen molar-refractivity contribution >= 4 is 44.6 Å². The molecular weight excluding hydrogens is 931 g/mol. The van der Waals surface area contributed by atoms with Crippen molar-refractivity contribution in [1.29, 1.82) is 0 Å². The summed E-state index contributed by atoms with van der Waals surface area (Å²) in [5, 5.41) is 13.0. The highest BCUT2D eigenvalue weighted by Gasteiger charge is 2.52. The fourth-order valence-electron chi connectivity index (χ4n) is 7.23. The summed E-state index contributed by atoms with van der Waals surface area (Å²) in [4.78, 5) is 11.1. The van der Waals surface area contributed by atoms with Gasteiger partial charge in [-0.1, -0.05) is 48.5 Å². The Balaban J connectivity index is 0.000000289. The van der Waals surface area contributed by atoms with E-state index >= 15 is 35.1 Å². The number of hydrogen-bond acceptors (Lipinski definition) is 2. The van der Waals surface area contributed by atoms with E-state index in [0.717, 1.165) is 10.9 Å². The third-order valence-electron chi connectivity index (χ3n) is 9.98. The molecule has 0 spiro atoms. The van der Waals surface area contributed by atoms with Crippen LogP contribution in [-0.4, -0.2) is 11.1 Å². The fourth-order valence-corrected chi connectivity index (χ4v) is 7.23. The van der Waals surface area contributed by atoms with Gasteiger partial charge in [-0.3, -0.25) is 10.1 Å². The second kappa shape index (κ2) is 17.4. The van der Waals surface area contributed by atoms with E-state index in [4.69, 9.17) is 0 Å². The maximum Gasteiger partial charge on any atom is 0.509 e. The lowest BCUT2D eigenvalue weighted by molar-refractivity contribution is -0.727. The Hall–Kier alpha value is -7.21. The van der Waals surface area contributed by atoms with Crippen molar-refractivity contribution in [2.45, 2.75) is 6.54 Å². The summed E-state index contributed by atoms with van der Waals surface area (Å²) in [7, 11) is 0. The number of pyridine rings is 1. The van der Waals surface area contributed by atoms with Crippen LogP contribution in [0.15, 0.2) is 66.9 Å². The lowest BCUT2D eigenvalue weighted by Gasteiger charge is -2.44. The van der Waals surface area contributed by atoms with Gasteiger partial charge in [0.05, 0.1) is 0 Å². The molecule has 0 atom stereocenters. The summed E-state index contributed by atoms with van der Waals surface area (Å²) in [5.41, 5.74) is -13.3. The van der Waals surface area contributed by atoms with Crippen molar-refractivity contribution in [3.8, 4) is 0 Å². The number of hydrogen-bond donors (Lipinski definition) is 0. The molecule has 0 bridgehead atoms. The van der Waals surface area contributed by atoms with Crippen LogP contribution in [-0.2, 0) is 6.54 Å². The van der Waals surface area contributed by atoms with E-state index in [-0.39, 0.29) is 10.7 Å². The Morgan fingerprint density at radius 1 is 0.385 bits per heavy atom. The van der Waals surface area contributed by atoms with Gasteiger partial charge in [0.1, 0.15) is 63.0 Å². The number of aromatic nitrogens is 1. The van der Waals surface area contributed by atoms with Gasteiger partial charge in [-0.25, -0.2) is 87.8 Å². The largest absolute Gasteiger partial charge is 0.509 e. The molecule has 0 fully saturated rings. The van der Waals surface area contributed by atoms with E-state index < -0.39 is 144 Å². The maximum absolute atomic E-state index is 15.4. The molecule has 7 aromatic rings. The summed E-state index contributed by atoms with van der Waals surface area (Å²) in [6.07, 6.45) is -5.45. The fraction of sp³-hybridized carbons (Fsp3) is 0.0250. The number of fused-ring (bicyclic) bond motifs is 1. The molecule has 6 aromatic carbocycles. The topological polar surface area (TPSA) is 47.0 Å². The van der Waals surface area contributed by atoms with Gasteiger partial charge in [0.2, 0.25) is 0 Å². The minimum absolute atomic E-state index is 0.131. The van der Waals surface area contributed by atoms with Crippen LogP contribution in [0.25, 0.3) is 10.8 Å². The summed E-state index contributed by atoms with van der Waals surface area (Å²) in [5.74, 6) is -71.3. The zero-order valence-corrected chi connectivity index (χ0v) is 30.9. The van der Waals surface area contributed by atoms with Gasteiger partial charge in [0.15, 0.2) is 82.5 Å². The lowest BCUT2D eigenvalue weighted by atomic mass is 9.12. The van der Waals surface area contributed by atoms with E-state index in [1.807, 2.05) is 54.6 Å². The Morgan fingerprint density at radius 2 is 0.662 bits per heavy atom. The summed E-state index contributed by atoms with van der Waals surface area (Å²) < 4.78 is 296. The molecule has 1 aromatic heterocycles. The number of halogens is 20. The molecule has 4 nitrogen and oxygen atoms in total. The summed E-state index contributed by atoms with van der Waals surface area (Å²) in [6.45, 7) is 0.488. The smallest absolute Gasteiger partial charge is 0.253 e. The molecule has 0 N–H and O–H groups in total. The van der Waals surface area contributed by atoms with Crippen molar-refractivity contribution in [3.05, 3.63) is 199 Å². The summed E-state index contributed by atoms with van der Waals surface area (Å²) in [6, 6.07) is 19.0. The van der Waals surface area contributed by atoms with Crippen molar-refractivity contribution in [2.75, 3.05) is 0 Å². The van der Waals surface area contributed by atoms with Crippen LogP contribution in [0.3, 0.4) is 0 Å². The monoisotopic (exact) mass is 944 g/mol. The SMILES string of the molecule is Fc1c(F)c(F)c([B-](c2c(F)c(F)c(F)c(F)c2F)(c2c(F)c(F)c(F)c(F)c2F)c2c(F)c(F)c(F)c(F)c2F)c(F)c1F.O=[N+]([O-])c1c2ccccc2cc[n+]1Cc1ccccc1. The zero-order valence-electron chi connectivity index (χ0n) is 30.9. The Kier molecular flexibility index (Phi) is 12.7. The van der Waals surface area contributed by atoms with Crippen LogP contribution in [0, 0.1) is 126 Å². The highest BCUT2D eigenvalue weighted by molar-refractivity contribution is 7.20. The number of rotatable bonds is 7.